The number of aromatic nitrogens is 1. The molecule has 2 rings (SSSR count). The van der Waals surface area contributed by atoms with Crippen LogP contribution in [0.1, 0.15) is 25.9 Å². The van der Waals surface area contributed by atoms with Crippen molar-refractivity contribution in [3.63, 3.8) is 0 Å². The summed E-state index contributed by atoms with van der Waals surface area (Å²) in [6.45, 7) is 3.61. The lowest BCUT2D eigenvalue weighted by molar-refractivity contribution is 0.0920. The second-order valence-electron chi connectivity index (χ2n) is 4.69. The zero-order valence-corrected chi connectivity index (χ0v) is 12.4. The Labute approximate surface area is 122 Å². The molecule has 0 saturated heterocycles. The summed E-state index contributed by atoms with van der Waals surface area (Å²) in [6, 6.07) is 9.52. The molecule has 106 valence electrons. The predicted molar refractivity (Wildman–Crippen MR) is 80.1 cm³/mol. The fourth-order valence-corrected chi connectivity index (χ4v) is 2.88. The molecular formula is C15H18N2O2S. The molecule has 1 atom stereocenters. The van der Waals surface area contributed by atoms with Crippen molar-refractivity contribution in [3.05, 3.63) is 51.5 Å². The number of nitrogens with one attached hydrogen (secondary N) is 1. The molecule has 2 N–H and O–H groups in total. The number of hydrogen-bond donors (Lipinski definition) is 2. The van der Waals surface area contributed by atoms with Crippen molar-refractivity contribution in [2.24, 2.45) is 0 Å². The van der Waals surface area contributed by atoms with Crippen LogP contribution >= 0.6 is 11.3 Å². The highest BCUT2D eigenvalue weighted by atomic mass is 32.1. The summed E-state index contributed by atoms with van der Waals surface area (Å²) in [5.41, 5.74) is 1.82. The van der Waals surface area contributed by atoms with Crippen LogP contribution < -0.4 is 5.32 Å². The van der Waals surface area contributed by atoms with E-state index in [4.69, 9.17) is 0 Å². The van der Waals surface area contributed by atoms with E-state index in [-0.39, 0.29) is 18.6 Å². The monoisotopic (exact) mass is 290 g/mol. The van der Waals surface area contributed by atoms with Gasteiger partial charge in [0.2, 0.25) is 0 Å². The minimum atomic E-state index is -0.285. The number of aliphatic hydroxyl groups excluding tert-OH is 1. The number of thiazole rings is 1. The maximum atomic E-state index is 12.2. The molecule has 1 heterocycles. The van der Waals surface area contributed by atoms with Crippen LogP contribution in [-0.4, -0.2) is 28.6 Å². The van der Waals surface area contributed by atoms with Gasteiger partial charge in [-0.3, -0.25) is 4.79 Å². The van der Waals surface area contributed by atoms with E-state index in [0.29, 0.717) is 11.3 Å². The summed E-state index contributed by atoms with van der Waals surface area (Å²) in [6.07, 6.45) is 0.611. The van der Waals surface area contributed by atoms with Crippen LogP contribution in [-0.2, 0) is 6.42 Å². The van der Waals surface area contributed by atoms with Crippen LogP contribution in [0.15, 0.2) is 30.3 Å². The summed E-state index contributed by atoms with van der Waals surface area (Å²) < 4.78 is 0. The standard InChI is InChI=1S/C15H18N2O2S/c1-10-14(20-11(2)16-10)15(19)17-13(9-18)8-12-6-4-3-5-7-12/h3-7,13,18H,8-9H2,1-2H3,(H,17,19)/t13-/m1/s1. The van der Waals surface area contributed by atoms with Crippen LogP contribution in [0.25, 0.3) is 0 Å². The van der Waals surface area contributed by atoms with E-state index >= 15 is 0 Å². The Hall–Kier alpha value is -1.72. The molecule has 0 radical (unpaired) electrons. The third kappa shape index (κ3) is 3.65. The Morgan fingerprint density at radius 1 is 1.35 bits per heavy atom. The first-order chi connectivity index (χ1) is 9.60. The van der Waals surface area contributed by atoms with Crippen molar-refractivity contribution >= 4 is 17.2 Å². The highest BCUT2D eigenvalue weighted by Crippen LogP contribution is 2.17. The van der Waals surface area contributed by atoms with Gasteiger partial charge in [0.15, 0.2) is 0 Å². The molecule has 0 aliphatic rings. The topological polar surface area (TPSA) is 62.2 Å². The average molecular weight is 290 g/mol. The first-order valence-electron chi connectivity index (χ1n) is 6.50. The summed E-state index contributed by atoms with van der Waals surface area (Å²) in [5, 5.41) is 13.2. The van der Waals surface area contributed by atoms with Gasteiger partial charge in [-0.1, -0.05) is 30.3 Å². The fraction of sp³-hybridized carbons (Fsp3) is 0.333. The normalized spacial score (nSPS) is 12.2. The predicted octanol–water partition coefficient (Wildman–Crippen LogP) is 2.09. The Balaban J connectivity index is 2.03. The maximum Gasteiger partial charge on any atom is 0.263 e. The van der Waals surface area contributed by atoms with Crippen molar-refractivity contribution < 1.29 is 9.90 Å². The average Bonchev–Trinajstić information content (AvgIpc) is 2.78. The number of hydrogen-bond acceptors (Lipinski definition) is 4. The number of aliphatic hydroxyl groups is 1. The number of nitrogens with zero attached hydrogens (tertiary/aromatic N) is 1. The first-order valence-corrected chi connectivity index (χ1v) is 7.31. The quantitative estimate of drug-likeness (QED) is 0.886. The van der Waals surface area contributed by atoms with E-state index < -0.39 is 0 Å². The SMILES string of the molecule is Cc1nc(C)c(C(=O)N[C@@H](CO)Cc2ccccc2)s1. The fourth-order valence-electron chi connectivity index (χ4n) is 2.05. The molecule has 0 saturated carbocycles. The van der Waals surface area contributed by atoms with Gasteiger partial charge >= 0.3 is 0 Å². The Morgan fingerprint density at radius 3 is 2.60 bits per heavy atom. The van der Waals surface area contributed by atoms with Crippen LogP contribution in [0.4, 0.5) is 0 Å². The smallest absolute Gasteiger partial charge is 0.263 e. The van der Waals surface area contributed by atoms with Crippen LogP contribution in [0.3, 0.4) is 0 Å². The second kappa shape index (κ2) is 6.63. The van der Waals surface area contributed by atoms with Gasteiger partial charge in [-0.2, -0.15) is 0 Å². The van der Waals surface area contributed by atoms with Crippen molar-refractivity contribution in [3.8, 4) is 0 Å². The van der Waals surface area contributed by atoms with Crippen molar-refractivity contribution in [2.45, 2.75) is 26.3 Å². The third-order valence-corrected chi connectivity index (χ3v) is 4.06. The van der Waals surface area contributed by atoms with E-state index in [2.05, 4.69) is 10.3 Å². The minimum absolute atomic E-state index is 0.0858. The van der Waals surface area contributed by atoms with Crippen LogP contribution in [0.5, 0.6) is 0 Å². The van der Waals surface area contributed by atoms with Gasteiger partial charge in [0.25, 0.3) is 5.91 Å². The molecular weight excluding hydrogens is 272 g/mol. The van der Waals surface area contributed by atoms with Crippen molar-refractivity contribution in [2.75, 3.05) is 6.61 Å². The zero-order chi connectivity index (χ0) is 14.5. The lowest BCUT2D eigenvalue weighted by atomic mass is 10.1. The van der Waals surface area contributed by atoms with Gasteiger partial charge in [-0.05, 0) is 25.8 Å². The van der Waals surface area contributed by atoms with Crippen molar-refractivity contribution in [1.29, 1.82) is 0 Å². The zero-order valence-electron chi connectivity index (χ0n) is 11.6. The van der Waals surface area contributed by atoms with E-state index in [1.54, 1.807) is 0 Å². The minimum Gasteiger partial charge on any atom is -0.394 e. The molecule has 20 heavy (non-hydrogen) atoms. The maximum absolute atomic E-state index is 12.2. The molecule has 0 aliphatic heterocycles. The van der Waals surface area contributed by atoms with Gasteiger partial charge in [0.05, 0.1) is 23.4 Å². The van der Waals surface area contributed by atoms with Crippen LogP contribution in [0.2, 0.25) is 0 Å². The summed E-state index contributed by atoms with van der Waals surface area (Å²) >= 11 is 1.38. The number of rotatable bonds is 5. The van der Waals surface area contributed by atoms with E-state index in [1.807, 2.05) is 44.2 Å². The molecule has 0 bridgehead atoms. The molecule has 1 aromatic heterocycles. The highest BCUT2D eigenvalue weighted by Gasteiger charge is 2.17. The van der Waals surface area contributed by atoms with Gasteiger partial charge in [0, 0.05) is 0 Å². The number of carbonyl (C=O) groups excluding carboxylic acids is 1. The second-order valence-corrected chi connectivity index (χ2v) is 5.89. The van der Waals surface area contributed by atoms with E-state index in [0.717, 1.165) is 16.3 Å². The molecule has 1 aromatic carbocycles. The number of aryl methyl sites for hydroxylation is 2. The molecule has 2 aromatic rings. The Bertz CT molecular complexity index is 581. The van der Waals surface area contributed by atoms with Gasteiger partial charge in [-0.25, -0.2) is 4.98 Å². The molecule has 5 heteroatoms. The van der Waals surface area contributed by atoms with E-state index in [9.17, 15) is 9.90 Å². The summed E-state index contributed by atoms with van der Waals surface area (Å²) in [5.74, 6) is -0.164. The molecule has 0 spiro atoms. The lowest BCUT2D eigenvalue weighted by Gasteiger charge is -2.16. The molecule has 0 aliphatic carbocycles. The van der Waals surface area contributed by atoms with Gasteiger partial charge in [-0.15, -0.1) is 11.3 Å². The Morgan fingerprint density at radius 2 is 2.05 bits per heavy atom. The van der Waals surface area contributed by atoms with Crippen molar-refractivity contribution in [1.82, 2.24) is 10.3 Å². The van der Waals surface area contributed by atoms with Gasteiger partial charge < -0.3 is 10.4 Å². The Kier molecular flexibility index (Phi) is 4.87. The number of benzene rings is 1. The third-order valence-electron chi connectivity index (χ3n) is 2.99. The summed E-state index contributed by atoms with van der Waals surface area (Å²) in [7, 11) is 0. The lowest BCUT2D eigenvalue weighted by Crippen LogP contribution is -2.39. The number of carbonyl (C=O) groups is 1. The largest absolute Gasteiger partial charge is 0.394 e. The van der Waals surface area contributed by atoms with Crippen LogP contribution in [0, 0.1) is 13.8 Å². The molecule has 1 amide bonds. The highest BCUT2D eigenvalue weighted by molar-refractivity contribution is 7.13. The summed E-state index contributed by atoms with van der Waals surface area (Å²) in [4.78, 5) is 17.1. The first kappa shape index (κ1) is 14.7. The molecule has 0 unspecified atom stereocenters. The molecule has 4 nitrogen and oxygen atoms in total. The number of amides is 1. The van der Waals surface area contributed by atoms with Gasteiger partial charge in [0.1, 0.15) is 4.88 Å². The van der Waals surface area contributed by atoms with E-state index in [1.165, 1.54) is 11.3 Å². The molecule has 0 fully saturated rings.